The third-order valence-corrected chi connectivity index (χ3v) is 8.05. The molecular formula is C18H19N3O3S3. The van der Waals surface area contributed by atoms with Gasteiger partial charge in [-0.1, -0.05) is 30.0 Å². The number of aromatic amines is 1. The number of nitrogens with zero attached hydrogens (tertiary/aromatic N) is 2. The summed E-state index contributed by atoms with van der Waals surface area (Å²) in [5, 5.41) is 2.66. The molecule has 142 valence electrons. The van der Waals surface area contributed by atoms with Gasteiger partial charge in [-0.3, -0.25) is 4.79 Å². The van der Waals surface area contributed by atoms with Crippen LogP contribution in [0.25, 0.3) is 11.0 Å². The van der Waals surface area contributed by atoms with Crippen LogP contribution in [0.2, 0.25) is 0 Å². The summed E-state index contributed by atoms with van der Waals surface area (Å²) in [6, 6.07) is 11.4. The molecule has 1 N–H and O–H groups in total. The van der Waals surface area contributed by atoms with Gasteiger partial charge in [-0.15, -0.1) is 11.3 Å². The van der Waals surface area contributed by atoms with Gasteiger partial charge in [-0.05, 0) is 30.0 Å². The smallest absolute Gasteiger partial charge is 0.233 e. The third-order valence-electron chi connectivity index (χ3n) is 4.58. The van der Waals surface area contributed by atoms with E-state index in [1.165, 1.54) is 11.8 Å². The van der Waals surface area contributed by atoms with Crippen LogP contribution >= 0.6 is 23.1 Å². The number of hydrogen-bond donors (Lipinski definition) is 1. The first-order valence-electron chi connectivity index (χ1n) is 8.60. The number of nitrogens with one attached hydrogen (secondary N) is 1. The monoisotopic (exact) mass is 421 g/mol. The maximum atomic E-state index is 12.9. The summed E-state index contributed by atoms with van der Waals surface area (Å²) in [7, 11) is -3.05. The fraction of sp³-hybridized carbons (Fsp3) is 0.333. The lowest BCUT2D eigenvalue weighted by Gasteiger charge is -2.27. The van der Waals surface area contributed by atoms with Crippen molar-refractivity contribution in [1.29, 1.82) is 0 Å². The van der Waals surface area contributed by atoms with Crippen LogP contribution in [0.5, 0.6) is 0 Å². The molecule has 3 heterocycles. The van der Waals surface area contributed by atoms with E-state index in [2.05, 4.69) is 9.97 Å². The molecule has 0 unspecified atom stereocenters. The highest BCUT2D eigenvalue weighted by Gasteiger charge is 2.34. The Bertz CT molecular complexity index is 1010. The van der Waals surface area contributed by atoms with Crippen molar-refractivity contribution < 1.29 is 13.2 Å². The molecular weight excluding hydrogens is 402 g/mol. The minimum absolute atomic E-state index is 0.0550. The molecule has 1 fully saturated rings. The number of carbonyl (C=O) groups excluding carboxylic acids is 1. The number of thioether (sulfide) groups is 1. The third kappa shape index (κ3) is 4.36. The summed E-state index contributed by atoms with van der Waals surface area (Å²) in [6.07, 6.45) is 0.509. The quantitative estimate of drug-likeness (QED) is 0.619. The molecule has 3 aromatic rings. The summed E-state index contributed by atoms with van der Waals surface area (Å²) >= 11 is 2.93. The number of sulfone groups is 1. The maximum absolute atomic E-state index is 12.9. The number of para-hydroxylation sites is 2. The van der Waals surface area contributed by atoms with Crippen LogP contribution in [0.3, 0.4) is 0 Å². The lowest BCUT2D eigenvalue weighted by molar-refractivity contribution is -0.130. The Hall–Kier alpha value is -1.84. The number of fused-ring (bicyclic) bond motifs is 1. The first-order chi connectivity index (χ1) is 13.0. The van der Waals surface area contributed by atoms with Gasteiger partial charge in [0, 0.05) is 10.9 Å². The zero-order valence-electron chi connectivity index (χ0n) is 14.5. The highest BCUT2D eigenvalue weighted by Crippen LogP contribution is 2.25. The van der Waals surface area contributed by atoms with Gasteiger partial charge in [0.25, 0.3) is 0 Å². The molecule has 0 aliphatic carbocycles. The van der Waals surface area contributed by atoms with Crippen molar-refractivity contribution in [3.05, 3.63) is 46.7 Å². The SMILES string of the molecule is O=C(CSc1nc2ccccc2[nH]1)N(Cc1cccs1)[C@@H]1CCS(=O)(=O)C1. The number of carbonyl (C=O) groups is 1. The molecule has 2 aromatic heterocycles. The summed E-state index contributed by atoms with van der Waals surface area (Å²) in [5.74, 6) is 0.375. The minimum atomic E-state index is -3.05. The molecule has 1 aliphatic rings. The Morgan fingerprint density at radius 3 is 2.85 bits per heavy atom. The molecule has 1 saturated heterocycles. The molecule has 1 aliphatic heterocycles. The van der Waals surface area contributed by atoms with E-state index >= 15 is 0 Å². The number of imidazole rings is 1. The molecule has 0 spiro atoms. The molecule has 1 aromatic carbocycles. The summed E-state index contributed by atoms with van der Waals surface area (Å²) < 4.78 is 23.8. The molecule has 4 rings (SSSR count). The predicted molar refractivity (Wildman–Crippen MR) is 109 cm³/mol. The Balaban J connectivity index is 1.47. The molecule has 6 nitrogen and oxygen atoms in total. The second-order valence-electron chi connectivity index (χ2n) is 6.51. The van der Waals surface area contributed by atoms with Crippen LogP contribution in [-0.2, 0) is 21.2 Å². The minimum Gasteiger partial charge on any atom is -0.333 e. The molecule has 0 saturated carbocycles. The fourth-order valence-electron chi connectivity index (χ4n) is 3.22. The van der Waals surface area contributed by atoms with Crippen LogP contribution in [0.15, 0.2) is 46.9 Å². The fourth-order valence-corrected chi connectivity index (χ4v) is 6.43. The van der Waals surface area contributed by atoms with Crippen molar-refractivity contribution in [3.63, 3.8) is 0 Å². The Labute approximate surface area is 165 Å². The van der Waals surface area contributed by atoms with Gasteiger partial charge < -0.3 is 9.88 Å². The zero-order chi connectivity index (χ0) is 18.9. The van der Waals surface area contributed by atoms with Crippen LogP contribution in [0, 0.1) is 0 Å². The number of aromatic nitrogens is 2. The van der Waals surface area contributed by atoms with Gasteiger partial charge in [0.2, 0.25) is 5.91 Å². The van der Waals surface area contributed by atoms with Gasteiger partial charge in [-0.2, -0.15) is 0 Å². The van der Waals surface area contributed by atoms with Crippen molar-refractivity contribution in [2.45, 2.75) is 24.2 Å². The second-order valence-corrected chi connectivity index (χ2v) is 10.7. The Kier molecular flexibility index (Phi) is 5.25. The van der Waals surface area contributed by atoms with Gasteiger partial charge in [-0.25, -0.2) is 13.4 Å². The normalized spacial score (nSPS) is 18.7. The molecule has 27 heavy (non-hydrogen) atoms. The van der Waals surface area contributed by atoms with Crippen LogP contribution in [0.4, 0.5) is 0 Å². The van der Waals surface area contributed by atoms with E-state index in [-0.39, 0.29) is 29.2 Å². The molecule has 1 atom stereocenters. The van der Waals surface area contributed by atoms with Crippen LogP contribution in [-0.4, -0.2) is 52.5 Å². The van der Waals surface area contributed by atoms with E-state index in [1.807, 2.05) is 41.8 Å². The van der Waals surface area contributed by atoms with Crippen molar-refractivity contribution in [1.82, 2.24) is 14.9 Å². The zero-order valence-corrected chi connectivity index (χ0v) is 16.9. The molecule has 0 bridgehead atoms. The Morgan fingerprint density at radius 2 is 2.15 bits per heavy atom. The average Bonchev–Trinajstić information content (AvgIpc) is 3.36. The number of rotatable bonds is 6. The first kappa shape index (κ1) is 18.5. The topological polar surface area (TPSA) is 83.1 Å². The Morgan fingerprint density at radius 1 is 1.30 bits per heavy atom. The van der Waals surface area contributed by atoms with Crippen LogP contribution in [0.1, 0.15) is 11.3 Å². The largest absolute Gasteiger partial charge is 0.333 e. The second kappa shape index (κ2) is 7.65. The molecule has 9 heteroatoms. The number of thiophene rings is 1. The van der Waals surface area contributed by atoms with E-state index in [9.17, 15) is 13.2 Å². The van der Waals surface area contributed by atoms with Gasteiger partial charge >= 0.3 is 0 Å². The van der Waals surface area contributed by atoms with Crippen molar-refractivity contribution in [2.24, 2.45) is 0 Å². The van der Waals surface area contributed by atoms with Crippen molar-refractivity contribution >= 4 is 49.9 Å². The van der Waals surface area contributed by atoms with E-state index in [0.29, 0.717) is 18.1 Å². The summed E-state index contributed by atoms with van der Waals surface area (Å²) in [5.41, 5.74) is 1.80. The number of amides is 1. The van der Waals surface area contributed by atoms with Crippen LogP contribution < -0.4 is 0 Å². The average molecular weight is 422 g/mol. The molecule has 0 radical (unpaired) electrons. The van der Waals surface area contributed by atoms with E-state index in [1.54, 1.807) is 16.2 Å². The number of H-pyrrole nitrogens is 1. The molecule has 1 amide bonds. The lowest BCUT2D eigenvalue weighted by Crippen LogP contribution is -2.41. The van der Waals surface area contributed by atoms with Gasteiger partial charge in [0.1, 0.15) is 0 Å². The maximum Gasteiger partial charge on any atom is 0.233 e. The standard InChI is InChI=1S/C18H19N3O3S3/c22-17(11-26-18-19-15-5-1-2-6-16(15)20-18)21(10-14-4-3-8-25-14)13-7-9-27(23,24)12-13/h1-6,8,13H,7,9-12H2,(H,19,20)/t13-/m1/s1. The first-order valence-corrected chi connectivity index (χ1v) is 12.3. The van der Waals surface area contributed by atoms with Crippen molar-refractivity contribution in [3.8, 4) is 0 Å². The van der Waals surface area contributed by atoms with Crippen molar-refractivity contribution in [2.75, 3.05) is 17.3 Å². The van der Waals surface area contributed by atoms with Gasteiger partial charge in [0.15, 0.2) is 15.0 Å². The summed E-state index contributed by atoms with van der Waals surface area (Å²) in [4.78, 5) is 23.4. The highest BCUT2D eigenvalue weighted by molar-refractivity contribution is 7.99. The summed E-state index contributed by atoms with van der Waals surface area (Å²) in [6.45, 7) is 0.456. The number of benzene rings is 1. The lowest BCUT2D eigenvalue weighted by atomic mass is 10.2. The number of hydrogen-bond acceptors (Lipinski definition) is 6. The predicted octanol–water partition coefficient (Wildman–Crippen LogP) is 2.93. The van der Waals surface area contributed by atoms with Gasteiger partial charge in [0.05, 0.1) is 34.8 Å². The van der Waals surface area contributed by atoms with E-state index in [4.69, 9.17) is 0 Å². The van der Waals surface area contributed by atoms with E-state index < -0.39 is 9.84 Å². The van der Waals surface area contributed by atoms with E-state index in [0.717, 1.165) is 15.9 Å². The highest BCUT2D eigenvalue weighted by atomic mass is 32.2.